The van der Waals surface area contributed by atoms with Gasteiger partial charge in [0, 0.05) is 23.6 Å². The molecule has 5 heteroatoms. The van der Waals surface area contributed by atoms with Crippen molar-refractivity contribution >= 4 is 17.3 Å². The van der Waals surface area contributed by atoms with Crippen molar-refractivity contribution in [2.24, 2.45) is 0 Å². The fourth-order valence-corrected chi connectivity index (χ4v) is 2.80. The molecule has 0 saturated carbocycles. The maximum absolute atomic E-state index is 10.8. The zero-order valence-corrected chi connectivity index (χ0v) is 11.4. The fraction of sp³-hybridized carbons (Fsp3) is 0.0667. The Labute approximate surface area is 119 Å². The molecule has 2 aromatic heterocycles. The van der Waals surface area contributed by atoms with Crippen molar-refractivity contribution in [2.75, 3.05) is 0 Å². The molecule has 0 atom stereocenters. The van der Waals surface area contributed by atoms with E-state index in [1.807, 2.05) is 23.6 Å². The topological polar surface area (TPSA) is 66.0 Å². The van der Waals surface area contributed by atoms with Gasteiger partial charge in [-0.25, -0.2) is 9.78 Å². The van der Waals surface area contributed by atoms with Crippen LogP contribution in [-0.2, 0) is 6.42 Å². The van der Waals surface area contributed by atoms with E-state index in [1.54, 1.807) is 23.6 Å². The minimum atomic E-state index is -0.962. The molecule has 4 nitrogen and oxygen atoms in total. The first kappa shape index (κ1) is 12.6. The van der Waals surface area contributed by atoms with Crippen LogP contribution in [0.4, 0.5) is 0 Å². The number of nitrogens with one attached hydrogen (secondary N) is 1. The Morgan fingerprint density at radius 1 is 1.30 bits per heavy atom. The van der Waals surface area contributed by atoms with Gasteiger partial charge in [0.05, 0.1) is 10.7 Å². The molecule has 0 radical (unpaired) electrons. The van der Waals surface area contributed by atoms with E-state index in [9.17, 15) is 4.79 Å². The first-order chi connectivity index (χ1) is 9.72. The number of nitrogens with zero attached hydrogens (tertiary/aromatic N) is 1. The van der Waals surface area contributed by atoms with E-state index in [-0.39, 0.29) is 5.69 Å². The lowest BCUT2D eigenvalue weighted by atomic mass is 10.2. The molecule has 2 N–H and O–H groups in total. The SMILES string of the molecule is O=C(O)c1cc(-c2csc(Cc3ccccc3)n2)c[nH]1. The number of hydrogen-bond donors (Lipinski definition) is 2. The fourth-order valence-electron chi connectivity index (χ4n) is 1.96. The van der Waals surface area contributed by atoms with E-state index in [0.717, 1.165) is 22.7 Å². The quantitative estimate of drug-likeness (QED) is 0.771. The van der Waals surface area contributed by atoms with Gasteiger partial charge in [0.2, 0.25) is 0 Å². The average Bonchev–Trinajstić information content (AvgIpc) is 3.08. The Morgan fingerprint density at radius 2 is 2.10 bits per heavy atom. The Balaban J connectivity index is 1.81. The van der Waals surface area contributed by atoms with E-state index in [4.69, 9.17) is 5.11 Å². The third kappa shape index (κ3) is 2.62. The highest BCUT2D eigenvalue weighted by molar-refractivity contribution is 7.10. The summed E-state index contributed by atoms with van der Waals surface area (Å²) < 4.78 is 0. The van der Waals surface area contributed by atoms with Crippen molar-refractivity contribution in [2.45, 2.75) is 6.42 Å². The van der Waals surface area contributed by atoms with Gasteiger partial charge in [0.25, 0.3) is 0 Å². The number of H-pyrrole nitrogens is 1. The summed E-state index contributed by atoms with van der Waals surface area (Å²) in [5.41, 5.74) is 3.01. The van der Waals surface area contributed by atoms with E-state index in [1.165, 1.54) is 5.56 Å². The van der Waals surface area contributed by atoms with Gasteiger partial charge >= 0.3 is 5.97 Å². The smallest absolute Gasteiger partial charge is 0.352 e. The number of carbonyl (C=O) groups is 1. The van der Waals surface area contributed by atoms with Crippen LogP contribution in [0.5, 0.6) is 0 Å². The second-order valence-corrected chi connectivity index (χ2v) is 5.34. The Bertz CT molecular complexity index is 731. The van der Waals surface area contributed by atoms with Crippen LogP contribution in [0.1, 0.15) is 21.1 Å². The molecule has 0 unspecified atom stereocenters. The van der Waals surface area contributed by atoms with E-state index >= 15 is 0 Å². The second-order valence-electron chi connectivity index (χ2n) is 4.40. The summed E-state index contributed by atoms with van der Waals surface area (Å²) in [6.45, 7) is 0. The molecule has 0 aliphatic heterocycles. The first-order valence-electron chi connectivity index (χ1n) is 6.13. The molecule has 3 aromatic rings. The number of aromatic carboxylic acids is 1. The number of hydrogen-bond acceptors (Lipinski definition) is 3. The minimum absolute atomic E-state index is 0.178. The van der Waals surface area contributed by atoms with Crippen molar-refractivity contribution in [1.29, 1.82) is 0 Å². The van der Waals surface area contributed by atoms with E-state index in [0.29, 0.717) is 0 Å². The molecule has 100 valence electrons. The molecule has 20 heavy (non-hydrogen) atoms. The van der Waals surface area contributed by atoms with Crippen LogP contribution in [-0.4, -0.2) is 21.0 Å². The van der Waals surface area contributed by atoms with Crippen LogP contribution in [0.2, 0.25) is 0 Å². The zero-order chi connectivity index (χ0) is 13.9. The van der Waals surface area contributed by atoms with Gasteiger partial charge < -0.3 is 10.1 Å². The zero-order valence-electron chi connectivity index (χ0n) is 10.5. The number of carboxylic acids is 1. The monoisotopic (exact) mass is 284 g/mol. The Morgan fingerprint density at radius 3 is 2.80 bits per heavy atom. The van der Waals surface area contributed by atoms with Crippen LogP contribution in [0, 0.1) is 0 Å². The van der Waals surface area contributed by atoms with Gasteiger partial charge in [0.1, 0.15) is 5.69 Å². The third-order valence-corrected chi connectivity index (χ3v) is 3.81. The van der Waals surface area contributed by atoms with Gasteiger partial charge in [-0.3, -0.25) is 0 Å². The summed E-state index contributed by atoms with van der Waals surface area (Å²) in [7, 11) is 0. The lowest BCUT2D eigenvalue weighted by molar-refractivity contribution is 0.0691. The summed E-state index contributed by atoms with van der Waals surface area (Å²) in [6.07, 6.45) is 2.46. The number of aromatic amines is 1. The van der Waals surface area contributed by atoms with Crippen LogP contribution in [0.25, 0.3) is 11.3 Å². The number of benzene rings is 1. The molecular weight excluding hydrogens is 272 g/mol. The van der Waals surface area contributed by atoms with Gasteiger partial charge in [-0.15, -0.1) is 11.3 Å². The van der Waals surface area contributed by atoms with Crippen LogP contribution in [0.15, 0.2) is 48.0 Å². The van der Waals surface area contributed by atoms with Gasteiger partial charge in [-0.2, -0.15) is 0 Å². The molecule has 3 rings (SSSR count). The number of rotatable bonds is 4. The van der Waals surface area contributed by atoms with Crippen molar-refractivity contribution in [3.05, 3.63) is 64.2 Å². The van der Waals surface area contributed by atoms with Crippen LogP contribution < -0.4 is 0 Å². The van der Waals surface area contributed by atoms with Crippen LogP contribution in [0.3, 0.4) is 0 Å². The number of aromatic nitrogens is 2. The molecule has 0 aliphatic rings. The summed E-state index contributed by atoms with van der Waals surface area (Å²) in [5, 5.41) is 11.9. The maximum atomic E-state index is 10.8. The van der Waals surface area contributed by atoms with Gasteiger partial charge in [-0.05, 0) is 11.6 Å². The molecule has 2 heterocycles. The van der Waals surface area contributed by atoms with E-state index in [2.05, 4.69) is 22.1 Å². The van der Waals surface area contributed by atoms with Gasteiger partial charge in [-0.1, -0.05) is 30.3 Å². The molecule has 0 bridgehead atoms. The van der Waals surface area contributed by atoms with Crippen LogP contribution >= 0.6 is 11.3 Å². The normalized spacial score (nSPS) is 10.6. The minimum Gasteiger partial charge on any atom is -0.477 e. The summed E-state index contributed by atoms with van der Waals surface area (Å²) in [6, 6.07) is 11.7. The third-order valence-electron chi connectivity index (χ3n) is 2.96. The largest absolute Gasteiger partial charge is 0.477 e. The summed E-state index contributed by atoms with van der Waals surface area (Å²) in [4.78, 5) is 18.1. The maximum Gasteiger partial charge on any atom is 0.352 e. The Kier molecular flexibility index (Phi) is 3.35. The van der Waals surface area contributed by atoms with Crippen molar-refractivity contribution in [3.8, 4) is 11.3 Å². The number of carboxylic acid groups (broad SMARTS) is 1. The highest BCUT2D eigenvalue weighted by Gasteiger charge is 2.10. The first-order valence-corrected chi connectivity index (χ1v) is 7.01. The van der Waals surface area contributed by atoms with Gasteiger partial charge in [0.15, 0.2) is 0 Å². The second kappa shape index (κ2) is 5.30. The molecule has 0 aliphatic carbocycles. The molecular formula is C15H12N2O2S. The molecule has 1 aromatic carbocycles. The molecule has 0 amide bonds. The lowest BCUT2D eigenvalue weighted by Crippen LogP contribution is -1.94. The Hall–Kier alpha value is -2.40. The standard InChI is InChI=1S/C15H12N2O2S/c18-15(19)12-7-11(8-16-12)13-9-20-14(17-13)6-10-4-2-1-3-5-10/h1-5,7-9,16H,6H2,(H,18,19). The van der Waals surface area contributed by atoms with E-state index < -0.39 is 5.97 Å². The highest BCUT2D eigenvalue weighted by atomic mass is 32.1. The van der Waals surface area contributed by atoms with Crippen molar-refractivity contribution in [1.82, 2.24) is 9.97 Å². The highest BCUT2D eigenvalue weighted by Crippen LogP contribution is 2.24. The van der Waals surface area contributed by atoms with Crippen molar-refractivity contribution < 1.29 is 9.90 Å². The summed E-state index contributed by atoms with van der Waals surface area (Å²) in [5.74, 6) is -0.962. The summed E-state index contributed by atoms with van der Waals surface area (Å²) >= 11 is 1.58. The molecule has 0 fully saturated rings. The average molecular weight is 284 g/mol. The predicted molar refractivity (Wildman–Crippen MR) is 78.1 cm³/mol. The predicted octanol–water partition coefficient (Wildman–Crippen LogP) is 3.43. The van der Waals surface area contributed by atoms with Crippen molar-refractivity contribution in [3.63, 3.8) is 0 Å². The lowest BCUT2D eigenvalue weighted by Gasteiger charge is -1.96. The number of thiazole rings is 1. The molecule has 0 saturated heterocycles. The molecule has 0 spiro atoms.